The molecule has 0 spiro atoms. The predicted molar refractivity (Wildman–Crippen MR) is 79.4 cm³/mol. The van der Waals surface area contributed by atoms with Gasteiger partial charge in [0.25, 0.3) is 0 Å². The molecule has 20 heavy (non-hydrogen) atoms. The van der Waals surface area contributed by atoms with Gasteiger partial charge in [-0.15, -0.1) is 0 Å². The number of aryl methyl sites for hydroxylation is 1. The van der Waals surface area contributed by atoms with Crippen molar-refractivity contribution in [1.82, 2.24) is 5.32 Å². The van der Waals surface area contributed by atoms with Gasteiger partial charge in [-0.25, -0.2) is 0 Å². The van der Waals surface area contributed by atoms with Gasteiger partial charge in [0, 0.05) is 19.8 Å². The van der Waals surface area contributed by atoms with E-state index in [1.54, 1.807) is 0 Å². The van der Waals surface area contributed by atoms with E-state index in [0.29, 0.717) is 6.54 Å². The lowest BCUT2D eigenvalue weighted by Gasteiger charge is -2.26. The largest absolute Gasteiger partial charge is 0.381 e. The molecule has 2 rings (SSSR count). The van der Waals surface area contributed by atoms with Crippen LogP contribution in [-0.4, -0.2) is 31.7 Å². The van der Waals surface area contributed by atoms with Crippen LogP contribution in [0.2, 0.25) is 0 Å². The lowest BCUT2D eigenvalue weighted by Crippen LogP contribution is -2.47. The number of nitrogens with two attached hydrogens (primary N) is 1. The first-order valence-corrected chi connectivity index (χ1v) is 7.34. The molecule has 1 aromatic carbocycles. The molecule has 1 fully saturated rings. The Morgan fingerprint density at radius 3 is 2.80 bits per heavy atom. The summed E-state index contributed by atoms with van der Waals surface area (Å²) in [7, 11) is 0. The highest BCUT2D eigenvalue weighted by Crippen LogP contribution is 2.17. The Labute approximate surface area is 120 Å². The Hall–Kier alpha value is -1.39. The first-order valence-electron chi connectivity index (χ1n) is 7.34. The first-order chi connectivity index (χ1) is 9.68. The molecule has 1 atom stereocenters. The fourth-order valence-electron chi connectivity index (χ4n) is 2.62. The van der Waals surface area contributed by atoms with E-state index in [1.165, 1.54) is 11.1 Å². The number of carbonyl (C=O) groups is 1. The molecule has 0 bridgehead atoms. The van der Waals surface area contributed by atoms with Crippen LogP contribution in [0.1, 0.15) is 24.0 Å². The van der Waals surface area contributed by atoms with E-state index in [0.717, 1.165) is 32.5 Å². The number of ether oxygens (including phenoxy) is 1. The van der Waals surface area contributed by atoms with Gasteiger partial charge in [0.1, 0.15) is 0 Å². The maximum atomic E-state index is 12.0. The molecule has 4 nitrogen and oxygen atoms in total. The molecule has 0 aliphatic carbocycles. The van der Waals surface area contributed by atoms with Crippen LogP contribution in [-0.2, 0) is 16.0 Å². The Morgan fingerprint density at radius 2 is 2.10 bits per heavy atom. The molecular formula is C16H24N2O2. The third kappa shape index (κ3) is 4.05. The van der Waals surface area contributed by atoms with Crippen LogP contribution in [0, 0.1) is 12.8 Å². The van der Waals surface area contributed by atoms with Crippen molar-refractivity contribution in [3.8, 4) is 0 Å². The Kier molecular flexibility index (Phi) is 5.56. The quantitative estimate of drug-likeness (QED) is 0.854. The molecule has 1 heterocycles. The highest BCUT2D eigenvalue weighted by Gasteiger charge is 2.26. The number of carbonyl (C=O) groups excluding carboxylic acids is 1. The van der Waals surface area contributed by atoms with Gasteiger partial charge in [-0.1, -0.05) is 24.3 Å². The van der Waals surface area contributed by atoms with Gasteiger partial charge in [-0.2, -0.15) is 0 Å². The summed E-state index contributed by atoms with van der Waals surface area (Å²) in [6, 6.07) is 7.83. The maximum Gasteiger partial charge on any atom is 0.237 e. The zero-order valence-corrected chi connectivity index (χ0v) is 12.1. The third-order valence-corrected chi connectivity index (χ3v) is 4.03. The van der Waals surface area contributed by atoms with Crippen molar-refractivity contribution in [3.63, 3.8) is 0 Å². The fraction of sp³-hybridized carbons (Fsp3) is 0.562. The van der Waals surface area contributed by atoms with E-state index in [1.807, 2.05) is 12.1 Å². The Bertz CT molecular complexity index is 442. The molecule has 4 heteroatoms. The van der Waals surface area contributed by atoms with Crippen LogP contribution in [0.5, 0.6) is 0 Å². The van der Waals surface area contributed by atoms with Crippen LogP contribution < -0.4 is 11.1 Å². The van der Waals surface area contributed by atoms with Crippen molar-refractivity contribution in [2.45, 2.75) is 32.2 Å². The molecule has 1 aliphatic rings. The van der Waals surface area contributed by atoms with E-state index in [-0.39, 0.29) is 11.8 Å². The maximum absolute atomic E-state index is 12.0. The Morgan fingerprint density at radius 1 is 1.40 bits per heavy atom. The van der Waals surface area contributed by atoms with Gasteiger partial charge >= 0.3 is 0 Å². The molecule has 1 aromatic rings. The normalized spacial score (nSPS) is 17.7. The van der Waals surface area contributed by atoms with Gasteiger partial charge in [-0.05, 0) is 43.2 Å². The van der Waals surface area contributed by atoms with Crippen molar-refractivity contribution < 1.29 is 9.53 Å². The highest BCUT2D eigenvalue weighted by molar-refractivity contribution is 5.81. The topological polar surface area (TPSA) is 64.4 Å². The first kappa shape index (κ1) is 15.0. The molecule has 0 radical (unpaired) electrons. The zero-order valence-electron chi connectivity index (χ0n) is 12.1. The van der Waals surface area contributed by atoms with Gasteiger partial charge in [0.05, 0.1) is 6.04 Å². The van der Waals surface area contributed by atoms with Gasteiger partial charge < -0.3 is 15.8 Å². The molecule has 1 unspecified atom stereocenters. The smallest absolute Gasteiger partial charge is 0.237 e. The molecule has 0 aromatic heterocycles. The van der Waals surface area contributed by atoms with Crippen molar-refractivity contribution >= 4 is 5.91 Å². The lowest BCUT2D eigenvalue weighted by atomic mass is 9.92. The van der Waals surface area contributed by atoms with Gasteiger partial charge in [-0.3, -0.25) is 4.79 Å². The number of amides is 1. The van der Waals surface area contributed by atoms with Crippen molar-refractivity contribution in [2.24, 2.45) is 11.7 Å². The van der Waals surface area contributed by atoms with Crippen LogP contribution >= 0.6 is 0 Å². The average molecular weight is 276 g/mol. The van der Waals surface area contributed by atoms with Crippen LogP contribution in [0.15, 0.2) is 24.3 Å². The molecular weight excluding hydrogens is 252 g/mol. The SMILES string of the molecule is Cc1ccccc1CCNC(=O)C(N)C1CCOCC1. The monoisotopic (exact) mass is 276 g/mol. The van der Waals surface area contributed by atoms with Gasteiger partial charge in [0.15, 0.2) is 0 Å². The number of nitrogens with one attached hydrogen (secondary N) is 1. The van der Waals surface area contributed by atoms with Crippen molar-refractivity contribution in [2.75, 3.05) is 19.8 Å². The summed E-state index contributed by atoms with van der Waals surface area (Å²) in [6.45, 7) is 4.16. The number of rotatable bonds is 5. The summed E-state index contributed by atoms with van der Waals surface area (Å²) in [5.74, 6) is 0.215. The number of hydrogen-bond acceptors (Lipinski definition) is 3. The average Bonchev–Trinajstić information content (AvgIpc) is 2.49. The molecule has 1 saturated heterocycles. The Balaban J connectivity index is 1.76. The van der Waals surface area contributed by atoms with E-state index in [9.17, 15) is 4.79 Å². The van der Waals surface area contributed by atoms with E-state index in [4.69, 9.17) is 10.5 Å². The molecule has 1 aliphatic heterocycles. The van der Waals surface area contributed by atoms with E-state index < -0.39 is 6.04 Å². The van der Waals surface area contributed by atoms with Crippen LogP contribution in [0.25, 0.3) is 0 Å². The van der Waals surface area contributed by atoms with Crippen LogP contribution in [0.4, 0.5) is 0 Å². The summed E-state index contributed by atoms with van der Waals surface area (Å²) in [5.41, 5.74) is 8.56. The van der Waals surface area contributed by atoms with Gasteiger partial charge in [0.2, 0.25) is 5.91 Å². The predicted octanol–water partition coefficient (Wildman–Crippen LogP) is 1.41. The second-order valence-corrected chi connectivity index (χ2v) is 5.44. The minimum atomic E-state index is -0.407. The summed E-state index contributed by atoms with van der Waals surface area (Å²) in [4.78, 5) is 12.0. The van der Waals surface area contributed by atoms with E-state index >= 15 is 0 Å². The highest BCUT2D eigenvalue weighted by atomic mass is 16.5. The minimum Gasteiger partial charge on any atom is -0.381 e. The molecule has 110 valence electrons. The second kappa shape index (κ2) is 7.41. The summed E-state index contributed by atoms with van der Waals surface area (Å²) >= 11 is 0. The molecule has 3 N–H and O–H groups in total. The van der Waals surface area contributed by atoms with Crippen molar-refractivity contribution in [1.29, 1.82) is 0 Å². The standard InChI is InChI=1S/C16H24N2O2/c1-12-4-2-3-5-13(12)6-9-18-16(19)15(17)14-7-10-20-11-8-14/h2-5,14-15H,6-11,17H2,1H3,(H,18,19). The second-order valence-electron chi connectivity index (χ2n) is 5.44. The third-order valence-electron chi connectivity index (χ3n) is 4.03. The number of hydrogen-bond donors (Lipinski definition) is 2. The fourth-order valence-corrected chi connectivity index (χ4v) is 2.62. The number of benzene rings is 1. The van der Waals surface area contributed by atoms with Crippen molar-refractivity contribution in [3.05, 3.63) is 35.4 Å². The molecule has 0 saturated carbocycles. The van der Waals surface area contributed by atoms with E-state index in [2.05, 4.69) is 24.4 Å². The minimum absolute atomic E-state index is 0.0366. The van der Waals surface area contributed by atoms with Crippen LogP contribution in [0.3, 0.4) is 0 Å². The zero-order chi connectivity index (χ0) is 14.4. The summed E-state index contributed by atoms with van der Waals surface area (Å²) in [6.07, 6.45) is 2.61. The summed E-state index contributed by atoms with van der Waals surface area (Å²) in [5, 5.41) is 2.95. The molecule has 1 amide bonds. The lowest BCUT2D eigenvalue weighted by molar-refractivity contribution is -0.124. The summed E-state index contributed by atoms with van der Waals surface area (Å²) < 4.78 is 5.29.